The van der Waals surface area contributed by atoms with Gasteiger partial charge in [-0.3, -0.25) is 0 Å². The van der Waals surface area contributed by atoms with Crippen LogP contribution < -0.4 is 5.32 Å². The summed E-state index contributed by atoms with van der Waals surface area (Å²) in [5, 5.41) is 2.84. The molecule has 0 aliphatic carbocycles. The van der Waals surface area contributed by atoms with Gasteiger partial charge in [-0.05, 0) is 49.9 Å². The van der Waals surface area contributed by atoms with Gasteiger partial charge in [0, 0.05) is 18.2 Å². The number of aryl methyl sites for hydroxylation is 3. The van der Waals surface area contributed by atoms with Crippen LogP contribution in [0, 0.1) is 38.2 Å². The van der Waals surface area contributed by atoms with Crippen LogP contribution in [0.2, 0.25) is 0 Å². The van der Waals surface area contributed by atoms with Crippen molar-refractivity contribution in [3.8, 4) is 0 Å². The molecule has 1 unspecified atom stereocenters. The lowest BCUT2D eigenvalue weighted by atomic mass is 9.96. The molecule has 0 saturated carbocycles. The number of hydrogen-bond acceptors (Lipinski definition) is 1. The molecule has 1 N–H and O–H groups in total. The molecule has 0 aromatic heterocycles. The third-order valence-electron chi connectivity index (χ3n) is 3.71. The maximum atomic E-state index is 13.7. The lowest BCUT2D eigenvalue weighted by Crippen LogP contribution is -2.11. The van der Waals surface area contributed by atoms with E-state index < -0.39 is 17.5 Å². The van der Waals surface area contributed by atoms with Gasteiger partial charge in [0.1, 0.15) is 5.82 Å². The molecule has 112 valence electrons. The predicted molar refractivity (Wildman–Crippen MR) is 79.0 cm³/mol. The van der Waals surface area contributed by atoms with Crippen LogP contribution in [0.3, 0.4) is 0 Å². The third-order valence-corrected chi connectivity index (χ3v) is 3.71. The number of anilines is 1. The first-order valence-electron chi connectivity index (χ1n) is 6.78. The van der Waals surface area contributed by atoms with E-state index in [2.05, 4.69) is 5.32 Å². The van der Waals surface area contributed by atoms with E-state index >= 15 is 0 Å². The van der Waals surface area contributed by atoms with Gasteiger partial charge in [-0.2, -0.15) is 0 Å². The summed E-state index contributed by atoms with van der Waals surface area (Å²) in [5.41, 5.74) is 4.15. The molecule has 0 spiro atoms. The summed E-state index contributed by atoms with van der Waals surface area (Å²) >= 11 is 0. The van der Waals surface area contributed by atoms with E-state index in [1.807, 2.05) is 39.8 Å². The van der Waals surface area contributed by atoms with E-state index in [-0.39, 0.29) is 11.7 Å². The van der Waals surface area contributed by atoms with Gasteiger partial charge in [0.25, 0.3) is 0 Å². The Morgan fingerprint density at radius 2 is 1.48 bits per heavy atom. The summed E-state index contributed by atoms with van der Waals surface area (Å²) in [7, 11) is 0. The first kappa shape index (κ1) is 15.4. The largest absolute Gasteiger partial charge is 0.376 e. The highest BCUT2D eigenvalue weighted by molar-refractivity contribution is 5.49. The number of rotatable bonds is 3. The van der Waals surface area contributed by atoms with Crippen molar-refractivity contribution in [1.29, 1.82) is 0 Å². The van der Waals surface area contributed by atoms with Crippen LogP contribution in [0.1, 0.15) is 35.2 Å². The van der Waals surface area contributed by atoms with Crippen LogP contribution >= 0.6 is 0 Å². The molecule has 0 heterocycles. The van der Waals surface area contributed by atoms with Crippen molar-refractivity contribution in [2.45, 2.75) is 33.7 Å². The highest BCUT2D eigenvalue weighted by Gasteiger charge is 2.15. The Morgan fingerprint density at radius 1 is 0.857 bits per heavy atom. The average Bonchev–Trinajstić information content (AvgIpc) is 2.39. The van der Waals surface area contributed by atoms with E-state index in [9.17, 15) is 13.2 Å². The Kier molecular flexibility index (Phi) is 4.26. The predicted octanol–water partition coefficient (Wildman–Crippen LogP) is 5.20. The van der Waals surface area contributed by atoms with Crippen LogP contribution in [-0.2, 0) is 0 Å². The molecular weight excluding hydrogens is 275 g/mol. The van der Waals surface area contributed by atoms with Crippen LogP contribution in [0.5, 0.6) is 0 Å². The van der Waals surface area contributed by atoms with Gasteiger partial charge in [-0.25, -0.2) is 13.2 Å². The second kappa shape index (κ2) is 5.80. The monoisotopic (exact) mass is 293 g/mol. The highest BCUT2D eigenvalue weighted by atomic mass is 19.2. The number of benzene rings is 2. The Bertz CT molecular complexity index is 680. The van der Waals surface area contributed by atoms with Crippen molar-refractivity contribution in [2.75, 3.05) is 5.32 Å². The van der Waals surface area contributed by atoms with Crippen molar-refractivity contribution in [3.05, 3.63) is 64.0 Å². The second-order valence-corrected chi connectivity index (χ2v) is 5.41. The second-order valence-electron chi connectivity index (χ2n) is 5.41. The molecular formula is C17H18F3N. The van der Waals surface area contributed by atoms with E-state index in [0.29, 0.717) is 6.07 Å². The molecule has 2 aromatic carbocycles. The van der Waals surface area contributed by atoms with Crippen LogP contribution in [0.15, 0.2) is 24.3 Å². The number of hydrogen-bond donors (Lipinski definition) is 1. The van der Waals surface area contributed by atoms with E-state index in [1.54, 1.807) is 0 Å². The zero-order chi connectivity index (χ0) is 15.7. The maximum absolute atomic E-state index is 13.7. The van der Waals surface area contributed by atoms with Crippen molar-refractivity contribution >= 4 is 5.69 Å². The summed E-state index contributed by atoms with van der Waals surface area (Å²) < 4.78 is 40.1. The molecule has 0 fully saturated rings. The first-order chi connectivity index (χ1) is 9.79. The summed E-state index contributed by atoms with van der Waals surface area (Å²) in [6.45, 7) is 7.81. The fraction of sp³-hybridized carbons (Fsp3) is 0.294. The molecule has 21 heavy (non-hydrogen) atoms. The van der Waals surface area contributed by atoms with Crippen molar-refractivity contribution in [3.63, 3.8) is 0 Å². The molecule has 0 aliphatic heterocycles. The van der Waals surface area contributed by atoms with E-state index in [0.717, 1.165) is 22.8 Å². The molecule has 1 atom stereocenters. The Labute approximate surface area is 122 Å². The zero-order valence-corrected chi connectivity index (χ0v) is 12.5. The van der Waals surface area contributed by atoms with Crippen molar-refractivity contribution in [1.82, 2.24) is 0 Å². The normalized spacial score (nSPS) is 12.3. The molecule has 0 saturated heterocycles. The SMILES string of the molecule is Cc1cc(C)c(C(C)Nc2cc(F)cc(F)c2F)cc1C. The molecule has 2 aromatic rings. The number of nitrogens with one attached hydrogen (secondary N) is 1. The zero-order valence-electron chi connectivity index (χ0n) is 12.5. The van der Waals surface area contributed by atoms with E-state index in [1.165, 1.54) is 5.56 Å². The summed E-state index contributed by atoms with van der Waals surface area (Å²) in [5.74, 6) is -3.06. The third kappa shape index (κ3) is 3.20. The minimum Gasteiger partial charge on any atom is -0.376 e. The minimum atomic E-state index is -1.19. The van der Waals surface area contributed by atoms with Crippen LogP contribution in [0.25, 0.3) is 0 Å². The molecule has 0 radical (unpaired) electrons. The number of halogens is 3. The van der Waals surface area contributed by atoms with Crippen molar-refractivity contribution in [2.24, 2.45) is 0 Å². The van der Waals surface area contributed by atoms with Gasteiger partial charge >= 0.3 is 0 Å². The molecule has 0 amide bonds. The van der Waals surface area contributed by atoms with Crippen LogP contribution in [-0.4, -0.2) is 0 Å². The summed E-state index contributed by atoms with van der Waals surface area (Å²) in [6, 6.07) is 5.29. The quantitative estimate of drug-likeness (QED) is 0.767. The van der Waals surface area contributed by atoms with Gasteiger partial charge in [0.05, 0.1) is 5.69 Å². The summed E-state index contributed by atoms with van der Waals surface area (Å²) in [4.78, 5) is 0. The fourth-order valence-corrected chi connectivity index (χ4v) is 2.42. The first-order valence-corrected chi connectivity index (χ1v) is 6.78. The average molecular weight is 293 g/mol. The maximum Gasteiger partial charge on any atom is 0.182 e. The molecule has 0 bridgehead atoms. The lowest BCUT2D eigenvalue weighted by Gasteiger charge is -2.20. The molecule has 1 nitrogen and oxygen atoms in total. The van der Waals surface area contributed by atoms with E-state index in [4.69, 9.17) is 0 Å². The Hall–Kier alpha value is -1.97. The Balaban J connectivity index is 2.34. The van der Waals surface area contributed by atoms with Crippen molar-refractivity contribution < 1.29 is 13.2 Å². The smallest absolute Gasteiger partial charge is 0.182 e. The standard InChI is InChI=1S/C17H18F3N/c1-9-5-11(3)14(6-10(9)2)12(4)21-16-8-13(18)7-15(19)17(16)20/h5-8,12,21H,1-4H3. The van der Waals surface area contributed by atoms with Gasteiger partial charge in [-0.15, -0.1) is 0 Å². The van der Waals surface area contributed by atoms with Gasteiger partial charge in [0.15, 0.2) is 11.6 Å². The minimum absolute atomic E-state index is 0.169. The molecule has 0 aliphatic rings. The molecule has 2 rings (SSSR count). The summed E-state index contributed by atoms with van der Waals surface area (Å²) in [6.07, 6.45) is 0. The van der Waals surface area contributed by atoms with Gasteiger partial charge < -0.3 is 5.32 Å². The lowest BCUT2D eigenvalue weighted by molar-refractivity contribution is 0.496. The topological polar surface area (TPSA) is 12.0 Å². The van der Waals surface area contributed by atoms with Gasteiger partial charge in [-0.1, -0.05) is 12.1 Å². The van der Waals surface area contributed by atoms with Gasteiger partial charge in [0.2, 0.25) is 0 Å². The highest BCUT2D eigenvalue weighted by Crippen LogP contribution is 2.27. The fourth-order valence-electron chi connectivity index (χ4n) is 2.42. The Morgan fingerprint density at radius 3 is 2.14 bits per heavy atom. The van der Waals surface area contributed by atoms with Crippen LogP contribution in [0.4, 0.5) is 18.9 Å². The molecule has 4 heteroatoms.